The van der Waals surface area contributed by atoms with Crippen molar-refractivity contribution in [1.82, 2.24) is 20.0 Å². The third kappa shape index (κ3) is 7.18. The zero-order valence-corrected chi connectivity index (χ0v) is 24.5. The number of benzene rings is 2. The van der Waals surface area contributed by atoms with Crippen molar-refractivity contribution in [1.29, 1.82) is 0 Å². The van der Waals surface area contributed by atoms with Crippen molar-refractivity contribution in [3.8, 4) is 0 Å². The lowest BCUT2D eigenvalue weighted by molar-refractivity contribution is -0.142. The first kappa shape index (κ1) is 30.9. The van der Waals surface area contributed by atoms with Crippen LogP contribution in [0.3, 0.4) is 0 Å². The molecule has 2 aromatic rings. The number of hydrogen-bond acceptors (Lipinski definition) is 5. The van der Waals surface area contributed by atoms with E-state index in [0.717, 1.165) is 23.7 Å². The van der Waals surface area contributed by atoms with Crippen LogP contribution in [0, 0.1) is 5.92 Å². The number of carbonyl (C=O) groups is 3. The third-order valence-electron chi connectivity index (χ3n) is 8.58. The van der Waals surface area contributed by atoms with E-state index in [1.807, 2.05) is 29.2 Å². The lowest BCUT2D eigenvalue weighted by Crippen LogP contribution is -2.51. The minimum Gasteiger partial charge on any atom is -0.397 e. The van der Waals surface area contributed by atoms with Crippen molar-refractivity contribution < 1.29 is 27.6 Å². The predicted octanol–water partition coefficient (Wildman–Crippen LogP) is 4.00. The van der Waals surface area contributed by atoms with E-state index in [9.17, 15) is 27.6 Å². The van der Waals surface area contributed by atoms with Gasteiger partial charge in [0.05, 0.1) is 22.2 Å². The molecular weight excluding hydrogens is 585 g/mol. The Kier molecular flexibility index (Phi) is 9.36. The molecule has 3 aliphatic rings. The minimum atomic E-state index is -4.71. The number of likely N-dealkylation sites (tertiary alicyclic amines) is 1. The second kappa shape index (κ2) is 13.0. The summed E-state index contributed by atoms with van der Waals surface area (Å²) < 4.78 is 40.9. The zero-order chi connectivity index (χ0) is 30.7. The number of nitrogen functional groups attached to an aromatic ring is 1. The summed E-state index contributed by atoms with van der Waals surface area (Å²) in [5.74, 6) is -1.37. The van der Waals surface area contributed by atoms with Crippen LogP contribution in [0.2, 0.25) is 5.02 Å². The molecule has 3 aliphatic heterocycles. The lowest BCUT2D eigenvalue weighted by Gasteiger charge is -2.38. The molecule has 5 rings (SSSR count). The number of urea groups is 1. The number of halogens is 4. The number of piperidine rings is 1. The quantitative estimate of drug-likeness (QED) is 0.423. The van der Waals surface area contributed by atoms with Gasteiger partial charge in [-0.2, -0.15) is 13.2 Å². The normalized spacial score (nSPS) is 19.0. The second-order valence-electron chi connectivity index (χ2n) is 11.4. The highest BCUT2D eigenvalue weighted by atomic mass is 35.5. The number of nitrogens with zero attached hydrogens (tertiary/aromatic N) is 3. The van der Waals surface area contributed by atoms with Gasteiger partial charge in [0.25, 0.3) is 0 Å². The Labute approximate surface area is 253 Å². The first-order valence-corrected chi connectivity index (χ1v) is 15.0. The van der Waals surface area contributed by atoms with Crippen molar-refractivity contribution in [3.05, 3.63) is 58.1 Å². The average molecular weight is 621 g/mol. The maximum absolute atomic E-state index is 13.6. The van der Waals surface area contributed by atoms with E-state index in [4.69, 9.17) is 17.3 Å². The molecule has 13 heteroatoms. The Hall–Kier alpha value is -3.51. The summed E-state index contributed by atoms with van der Waals surface area (Å²) in [7, 11) is 0. The van der Waals surface area contributed by atoms with Crippen LogP contribution in [0.5, 0.6) is 0 Å². The molecule has 0 aliphatic carbocycles. The van der Waals surface area contributed by atoms with Crippen molar-refractivity contribution in [3.63, 3.8) is 0 Å². The van der Waals surface area contributed by atoms with Crippen molar-refractivity contribution in [2.45, 2.75) is 44.3 Å². The molecule has 2 fully saturated rings. The summed E-state index contributed by atoms with van der Waals surface area (Å²) in [4.78, 5) is 45.2. The smallest absolute Gasteiger partial charge is 0.397 e. The molecule has 0 unspecified atom stereocenters. The summed E-state index contributed by atoms with van der Waals surface area (Å²) in [6.07, 6.45) is -3.02. The van der Waals surface area contributed by atoms with Gasteiger partial charge < -0.3 is 31.1 Å². The summed E-state index contributed by atoms with van der Waals surface area (Å²) >= 11 is 6.05. The number of nitrogens with one attached hydrogen (secondary N) is 2. The topological polar surface area (TPSA) is 111 Å². The number of hydrogen-bond donors (Lipinski definition) is 3. The fourth-order valence-corrected chi connectivity index (χ4v) is 6.45. The number of fused-ring (bicyclic) bond motifs is 1. The first-order chi connectivity index (χ1) is 20.5. The van der Waals surface area contributed by atoms with Crippen LogP contribution < -0.4 is 16.4 Å². The average Bonchev–Trinajstić information content (AvgIpc) is 3.16. The summed E-state index contributed by atoms with van der Waals surface area (Å²) in [6.45, 7) is 3.51. The molecule has 9 nitrogen and oxygen atoms in total. The number of para-hydroxylation sites is 1. The molecule has 4 N–H and O–H groups in total. The molecule has 232 valence electrons. The first-order valence-electron chi connectivity index (χ1n) is 14.6. The Morgan fingerprint density at radius 1 is 1.02 bits per heavy atom. The zero-order valence-electron chi connectivity index (χ0n) is 23.8. The molecule has 2 saturated heterocycles. The molecular formula is C30H36ClF3N6O3. The van der Waals surface area contributed by atoms with Gasteiger partial charge in [-0.3, -0.25) is 9.59 Å². The van der Waals surface area contributed by atoms with Gasteiger partial charge in [-0.15, -0.1) is 0 Å². The number of alkyl halides is 3. The van der Waals surface area contributed by atoms with Crippen LogP contribution in [-0.4, -0.2) is 84.4 Å². The third-order valence-corrected chi connectivity index (χ3v) is 8.89. The van der Waals surface area contributed by atoms with E-state index in [2.05, 4.69) is 10.6 Å². The molecule has 0 spiro atoms. The highest BCUT2D eigenvalue weighted by Crippen LogP contribution is 2.38. The van der Waals surface area contributed by atoms with E-state index >= 15 is 0 Å². The Morgan fingerprint density at radius 2 is 1.72 bits per heavy atom. The van der Waals surface area contributed by atoms with E-state index < -0.39 is 23.3 Å². The lowest BCUT2D eigenvalue weighted by atomic mass is 9.92. The molecule has 1 atom stereocenters. The van der Waals surface area contributed by atoms with Crippen LogP contribution in [0.1, 0.15) is 36.0 Å². The van der Waals surface area contributed by atoms with Crippen LogP contribution in [0.25, 0.3) is 0 Å². The van der Waals surface area contributed by atoms with E-state index in [-0.39, 0.29) is 47.3 Å². The fourth-order valence-electron chi connectivity index (χ4n) is 6.21. The molecule has 0 radical (unpaired) electrons. The number of carbonyl (C=O) groups excluding carboxylic acids is 3. The van der Waals surface area contributed by atoms with E-state index in [1.54, 1.807) is 9.80 Å². The standard InChI is InChI=1S/C30H36ClF3N6O3/c31-24-17-19(16-23(27(24)35)30(32,33)34)15-21(28(42)39-13-8-36-9-14-39)18-26(41)38-10-6-22(7-11-38)40-12-5-20-3-1-2-4-25(20)37-29(40)43/h1-4,16-17,21-22,36H,5-15,18,35H2,(H,37,43)/t21-/m0/s1. The number of rotatable bonds is 6. The van der Waals surface area contributed by atoms with Crippen LogP contribution in [0.4, 0.5) is 29.3 Å². The highest BCUT2D eigenvalue weighted by Gasteiger charge is 2.37. The molecule has 43 heavy (non-hydrogen) atoms. The SMILES string of the molecule is Nc1c(Cl)cc(C[C@@H](CC(=O)N2CCC(N3CCc4ccccc4NC3=O)CC2)C(=O)N2CCNCC2)cc1C(F)(F)F. The van der Waals surface area contributed by atoms with Gasteiger partial charge in [-0.05, 0) is 55.0 Å². The Bertz CT molecular complexity index is 1360. The predicted molar refractivity (Wildman–Crippen MR) is 158 cm³/mol. The highest BCUT2D eigenvalue weighted by molar-refractivity contribution is 6.33. The number of anilines is 2. The van der Waals surface area contributed by atoms with E-state index in [0.29, 0.717) is 58.7 Å². The van der Waals surface area contributed by atoms with Crippen molar-refractivity contribution >= 4 is 40.8 Å². The Balaban J connectivity index is 1.26. The maximum atomic E-state index is 13.6. The number of nitrogens with two attached hydrogens (primary N) is 1. The largest absolute Gasteiger partial charge is 0.418 e. The second-order valence-corrected chi connectivity index (χ2v) is 11.8. The van der Waals surface area contributed by atoms with E-state index in [1.165, 1.54) is 6.07 Å². The van der Waals surface area contributed by atoms with Gasteiger partial charge in [-0.1, -0.05) is 29.8 Å². The van der Waals surface area contributed by atoms with Crippen LogP contribution >= 0.6 is 11.6 Å². The Morgan fingerprint density at radius 3 is 2.42 bits per heavy atom. The molecule has 0 saturated carbocycles. The van der Waals surface area contributed by atoms with Crippen LogP contribution in [-0.2, 0) is 28.6 Å². The fraction of sp³-hybridized carbons (Fsp3) is 0.500. The van der Waals surface area contributed by atoms with Crippen molar-refractivity contribution in [2.75, 3.05) is 56.9 Å². The summed E-state index contributed by atoms with van der Waals surface area (Å²) in [5, 5.41) is 5.92. The maximum Gasteiger partial charge on any atom is 0.418 e. The number of amides is 4. The van der Waals surface area contributed by atoms with Gasteiger partial charge in [0.15, 0.2) is 0 Å². The van der Waals surface area contributed by atoms with Crippen molar-refractivity contribution in [2.24, 2.45) is 5.92 Å². The van der Waals surface area contributed by atoms with Gasteiger partial charge in [-0.25, -0.2) is 4.79 Å². The molecule has 0 aromatic heterocycles. The summed E-state index contributed by atoms with van der Waals surface area (Å²) in [5.41, 5.74) is 6.07. The number of piperazine rings is 1. The van der Waals surface area contributed by atoms with Gasteiger partial charge in [0, 0.05) is 64.0 Å². The minimum absolute atomic E-state index is 0.0330. The van der Waals surface area contributed by atoms with Gasteiger partial charge >= 0.3 is 12.2 Å². The monoisotopic (exact) mass is 620 g/mol. The summed E-state index contributed by atoms with van der Waals surface area (Å²) in [6, 6.07) is 9.79. The molecule has 4 amide bonds. The molecule has 2 aromatic carbocycles. The van der Waals surface area contributed by atoms with Crippen LogP contribution in [0.15, 0.2) is 36.4 Å². The van der Waals surface area contributed by atoms with Gasteiger partial charge in [0.2, 0.25) is 11.8 Å². The molecule has 0 bridgehead atoms. The van der Waals surface area contributed by atoms with Gasteiger partial charge in [0.1, 0.15) is 0 Å². The molecule has 3 heterocycles.